The molecule has 0 saturated carbocycles. The van der Waals surface area contributed by atoms with Gasteiger partial charge in [-0.1, -0.05) is 30.7 Å². The Hall–Kier alpha value is -0.830. The second kappa shape index (κ2) is 6.20. The third-order valence-corrected chi connectivity index (χ3v) is 3.68. The van der Waals surface area contributed by atoms with Gasteiger partial charge in [0.15, 0.2) is 0 Å². The molecule has 1 N–H and O–H groups in total. The molecule has 0 fully saturated rings. The van der Waals surface area contributed by atoms with Crippen LogP contribution in [0.3, 0.4) is 0 Å². The van der Waals surface area contributed by atoms with E-state index in [1.165, 1.54) is 23.1 Å². The fourth-order valence-electron chi connectivity index (χ4n) is 1.74. The highest BCUT2D eigenvalue weighted by Crippen LogP contribution is 2.28. The van der Waals surface area contributed by atoms with Crippen LogP contribution in [0, 0.1) is 0 Å². The number of halogens is 1. The van der Waals surface area contributed by atoms with Gasteiger partial charge in [0.2, 0.25) is 0 Å². The molecule has 0 bridgehead atoms. The van der Waals surface area contributed by atoms with E-state index in [9.17, 15) is 0 Å². The molecule has 2 aromatic rings. The van der Waals surface area contributed by atoms with Crippen molar-refractivity contribution in [1.82, 2.24) is 5.32 Å². The lowest BCUT2D eigenvalue weighted by atomic mass is 10.0. The maximum Gasteiger partial charge on any atom is 0.0406 e. The molecule has 3 heteroatoms. The Morgan fingerprint density at radius 2 is 1.94 bits per heavy atom. The summed E-state index contributed by atoms with van der Waals surface area (Å²) in [4.78, 5) is 0. The van der Waals surface area contributed by atoms with Crippen molar-refractivity contribution < 1.29 is 0 Å². The topological polar surface area (TPSA) is 12.0 Å². The molecule has 0 aliphatic carbocycles. The molecule has 1 aromatic carbocycles. The van der Waals surface area contributed by atoms with E-state index in [0.717, 1.165) is 18.1 Å². The Morgan fingerprint density at radius 1 is 1.18 bits per heavy atom. The second-order valence-electron chi connectivity index (χ2n) is 3.99. The molecule has 1 nitrogen and oxygen atoms in total. The number of hydrogen-bond donors (Lipinski definition) is 1. The zero-order chi connectivity index (χ0) is 12.1. The van der Waals surface area contributed by atoms with Gasteiger partial charge < -0.3 is 5.32 Å². The molecule has 0 spiro atoms. The third kappa shape index (κ3) is 3.32. The summed E-state index contributed by atoms with van der Waals surface area (Å²) in [5.41, 5.74) is 3.92. The van der Waals surface area contributed by atoms with E-state index in [1.54, 1.807) is 11.3 Å². The zero-order valence-corrected chi connectivity index (χ0v) is 11.4. The van der Waals surface area contributed by atoms with E-state index >= 15 is 0 Å². The van der Waals surface area contributed by atoms with Gasteiger partial charge in [-0.25, -0.2) is 0 Å². The first-order valence-corrected chi connectivity index (χ1v) is 7.15. The standard InChI is InChI=1S/C14H16ClNS/c1-2-7-16-8-12-9-17-10-14(12)11-3-5-13(15)6-4-11/h3-6,9-10,16H,2,7-8H2,1H3. The second-order valence-corrected chi connectivity index (χ2v) is 5.17. The summed E-state index contributed by atoms with van der Waals surface area (Å²) in [6.45, 7) is 4.19. The number of benzene rings is 1. The molecule has 0 unspecified atom stereocenters. The minimum absolute atomic E-state index is 0.787. The number of thiophene rings is 1. The molecular formula is C14H16ClNS. The van der Waals surface area contributed by atoms with Crippen molar-refractivity contribution in [1.29, 1.82) is 0 Å². The average molecular weight is 266 g/mol. The monoisotopic (exact) mass is 265 g/mol. The minimum Gasteiger partial charge on any atom is -0.313 e. The van der Waals surface area contributed by atoms with Gasteiger partial charge >= 0.3 is 0 Å². The maximum absolute atomic E-state index is 5.91. The fourth-order valence-corrected chi connectivity index (χ4v) is 2.74. The fraction of sp³-hybridized carbons (Fsp3) is 0.286. The summed E-state index contributed by atoms with van der Waals surface area (Å²) in [7, 11) is 0. The van der Waals surface area contributed by atoms with Gasteiger partial charge in [-0.15, -0.1) is 0 Å². The molecule has 0 radical (unpaired) electrons. The number of nitrogens with one attached hydrogen (secondary N) is 1. The van der Waals surface area contributed by atoms with Gasteiger partial charge in [0.05, 0.1) is 0 Å². The molecule has 1 aromatic heterocycles. The van der Waals surface area contributed by atoms with Crippen LogP contribution in [-0.4, -0.2) is 6.54 Å². The van der Waals surface area contributed by atoms with Crippen molar-refractivity contribution in [2.75, 3.05) is 6.54 Å². The van der Waals surface area contributed by atoms with Crippen molar-refractivity contribution >= 4 is 22.9 Å². The van der Waals surface area contributed by atoms with E-state index in [-0.39, 0.29) is 0 Å². The van der Waals surface area contributed by atoms with Gasteiger partial charge in [-0.05, 0) is 52.5 Å². The van der Waals surface area contributed by atoms with Crippen LogP contribution in [0.2, 0.25) is 5.02 Å². The largest absolute Gasteiger partial charge is 0.313 e. The number of rotatable bonds is 5. The van der Waals surface area contributed by atoms with E-state index in [1.807, 2.05) is 12.1 Å². The van der Waals surface area contributed by atoms with Crippen molar-refractivity contribution in [2.45, 2.75) is 19.9 Å². The first-order valence-electron chi connectivity index (χ1n) is 5.83. The third-order valence-electron chi connectivity index (χ3n) is 2.64. The zero-order valence-electron chi connectivity index (χ0n) is 9.87. The van der Waals surface area contributed by atoms with Crippen LogP contribution >= 0.6 is 22.9 Å². The van der Waals surface area contributed by atoms with Crippen LogP contribution in [0.15, 0.2) is 35.0 Å². The SMILES string of the molecule is CCCNCc1cscc1-c1ccc(Cl)cc1. The first-order chi connectivity index (χ1) is 8.31. The predicted octanol–water partition coefficient (Wildman–Crippen LogP) is 4.57. The summed E-state index contributed by atoms with van der Waals surface area (Å²) in [5.74, 6) is 0. The van der Waals surface area contributed by atoms with Crippen molar-refractivity contribution in [3.63, 3.8) is 0 Å². The van der Waals surface area contributed by atoms with Crippen molar-refractivity contribution in [2.24, 2.45) is 0 Å². The minimum atomic E-state index is 0.787. The lowest BCUT2D eigenvalue weighted by molar-refractivity contribution is 0.677. The van der Waals surface area contributed by atoms with Gasteiger partial charge in [0, 0.05) is 11.6 Å². The van der Waals surface area contributed by atoms with Gasteiger partial charge in [-0.3, -0.25) is 0 Å². The average Bonchev–Trinajstić information content (AvgIpc) is 2.79. The molecule has 90 valence electrons. The molecule has 17 heavy (non-hydrogen) atoms. The normalized spacial score (nSPS) is 10.7. The highest BCUT2D eigenvalue weighted by atomic mass is 35.5. The van der Waals surface area contributed by atoms with E-state index in [0.29, 0.717) is 0 Å². The summed E-state index contributed by atoms with van der Waals surface area (Å²) in [5, 5.41) is 8.64. The summed E-state index contributed by atoms with van der Waals surface area (Å²) in [6, 6.07) is 8.04. The Labute approximate surface area is 111 Å². The first kappa shape index (κ1) is 12.6. The van der Waals surface area contributed by atoms with Crippen LogP contribution in [0.1, 0.15) is 18.9 Å². The Balaban J connectivity index is 2.15. The highest BCUT2D eigenvalue weighted by molar-refractivity contribution is 7.08. The maximum atomic E-state index is 5.91. The predicted molar refractivity (Wildman–Crippen MR) is 76.8 cm³/mol. The van der Waals surface area contributed by atoms with Crippen LogP contribution in [0.4, 0.5) is 0 Å². The van der Waals surface area contributed by atoms with Crippen LogP contribution in [-0.2, 0) is 6.54 Å². The molecule has 2 rings (SSSR count). The molecular weight excluding hydrogens is 250 g/mol. The van der Waals surface area contributed by atoms with Crippen LogP contribution in [0.25, 0.3) is 11.1 Å². The molecule has 1 heterocycles. The van der Waals surface area contributed by atoms with E-state index < -0.39 is 0 Å². The summed E-state index contributed by atoms with van der Waals surface area (Å²) in [6.07, 6.45) is 1.17. The number of hydrogen-bond acceptors (Lipinski definition) is 2. The molecule has 0 atom stereocenters. The van der Waals surface area contributed by atoms with Crippen LogP contribution < -0.4 is 5.32 Å². The van der Waals surface area contributed by atoms with Crippen molar-refractivity contribution in [3.05, 3.63) is 45.6 Å². The van der Waals surface area contributed by atoms with Gasteiger partial charge in [0.1, 0.15) is 0 Å². The van der Waals surface area contributed by atoms with Gasteiger partial charge in [0.25, 0.3) is 0 Å². The van der Waals surface area contributed by atoms with E-state index in [2.05, 4.69) is 35.1 Å². The Kier molecular flexibility index (Phi) is 4.60. The van der Waals surface area contributed by atoms with Gasteiger partial charge in [-0.2, -0.15) is 11.3 Å². The molecule has 0 aliphatic heterocycles. The van der Waals surface area contributed by atoms with E-state index in [4.69, 9.17) is 11.6 Å². The lowest BCUT2D eigenvalue weighted by Crippen LogP contribution is -2.13. The molecule has 0 aliphatic rings. The molecule has 0 saturated heterocycles. The Morgan fingerprint density at radius 3 is 2.65 bits per heavy atom. The quantitative estimate of drug-likeness (QED) is 0.781. The highest BCUT2D eigenvalue weighted by Gasteiger charge is 2.05. The summed E-state index contributed by atoms with van der Waals surface area (Å²) < 4.78 is 0. The summed E-state index contributed by atoms with van der Waals surface area (Å²) >= 11 is 7.66. The van der Waals surface area contributed by atoms with Crippen molar-refractivity contribution in [3.8, 4) is 11.1 Å². The lowest BCUT2D eigenvalue weighted by Gasteiger charge is -2.05. The van der Waals surface area contributed by atoms with Crippen LogP contribution in [0.5, 0.6) is 0 Å². The Bertz CT molecular complexity index is 461. The smallest absolute Gasteiger partial charge is 0.0406 e. The molecule has 0 amide bonds.